The highest BCUT2D eigenvalue weighted by molar-refractivity contribution is 5.76. The zero-order valence-electron chi connectivity index (χ0n) is 49.7. The van der Waals surface area contributed by atoms with Crippen molar-refractivity contribution in [2.24, 2.45) is 50.2 Å². The average Bonchev–Trinajstić information content (AvgIpc) is 0.686. The summed E-state index contributed by atoms with van der Waals surface area (Å²) in [5.41, 5.74) is -0.219. The molecule has 4 saturated carbocycles. The highest BCUT2D eigenvalue weighted by Crippen LogP contribution is 2.76. The van der Waals surface area contributed by atoms with Crippen LogP contribution in [0.25, 0.3) is 0 Å². The molecule has 84 heavy (non-hydrogen) atoms. The number of aliphatic hydroxyl groups is 13. The number of allylic oxidation sites excluding steroid dienone is 2. The minimum Gasteiger partial charge on any atom is -0.481 e. The summed E-state index contributed by atoms with van der Waals surface area (Å²) >= 11 is 0. The van der Waals surface area contributed by atoms with E-state index in [0.29, 0.717) is 25.2 Å². The molecule has 25 heteroatoms. The van der Waals surface area contributed by atoms with Crippen LogP contribution in [0.1, 0.15) is 127 Å². The second-order valence-electron chi connectivity index (χ2n) is 28.6. The van der Waals surface area contributed by atoms with Crippen LogP contribution in [0, 0.1) is 50.2 Å². The van der Waals surface area contributed by atoms with Crippen molar-refractivity contribution in [3.8, 4) is 0 Å². The molecule has 0 aromatic heterocycles. The van der Waals surface area contributed by atoms with Crippen LogP contribution in [0.2, 0.25) is 0 Å². The van der Waals surface area contributed by atoms with E-state index in [0.717, 1.165) is 44.9 Å². The number of aliphatic carboxylic acids is 1. The molecular weight excluding hydrogens is 1110 g/mol. The van der Waals surface area contributed by atoms with Crippen LogP contribution in [0.15, 0.2) is 11.6 Å². The van der Waals surface area contributed by atoms with Crippen molar-refractivity contribution in [1.29, 1.82) is 0 Å². The summed E-state index contributed by atoms with van der Waals surface area (Å²) in [5.74, 6) is -0.205. The smallest absolute Gasteiger partial charge is 0.310 e. The van der Waals surface area contributed by atoms with E-state index in [1.807, 2.05) is 0 Å². The Labute approximate surface area is 490 Å². The van der Waals surface area contributed by atoms with Crippen LogP contribution in [0.4, 0.5) is 0 Å². The first-order valence-corrected chi connectivity index (χ1v) is 30.5. The maximum Gasteiger partial charge on any atom is 0.310 e. The molecule has 0 bridgehead atoms. The molecule has 14 N–H and O–H groups in total. The molecule has 0 amide bonds. The second-order valence-corrected chi connectivity index (χ2v) is 28.6. The molecule has 0 aromatic carbocycles. The van der Waals surface area contributed by atoms with Gasteiger partial charge in [0.25, 0.3) is 0 Å². The molecule has 10 rings (SSSR count). The van der Waals surface area contributed by atoms with Gasteiger partial charge in [0.15, 0.2) is 31.5 Å². The lowest BCUT2D eigenvalue weighted by Gasteiger charge is -2.71. The minimum absolute atomic E-state index is 0.0108. The molecule has 25 nitrogen and oxygen atoms in total. The van der Waals surface area contributed by atoms with E-state index in [1.165, 1.54) is 19.4 Å². The fraction of sp³-hybridized carbons (Fsp3) is 0.949. The van der Waals surface area contributed by atoms with E-state index in [2.05, 4.69) is 54.5 Å². The lowest BCUT2D eigenvalue weighted by Crippen LogP contribution is -2.68. The third-order valence-electron chi connectivity index (χ3n) is 23.1. The normalized spacial score (nSPS) is 54.7. The van der Waals surface area contributed by atoms with E-state index in [1.54, 1.807) is 0 Å². The van der Waals surface area contributed by atoms with Crippen LogP contribution >= 0.6 is 0 Å². The molecule has 32 atom stereocenters. The Morgan fingerprint density at radius 2 is 1.08 bits per heavy atom. The Morgan fingerprint density at radius 3 is 1.74 bits per heavy atom. The number of fused-ring (bicyclic) bond motifs is 7. The first-order valence-electron chi connectivity index (χ1n) is 30.5. The van der Waals surface area contributed by atoms with Gasteiger partial charge in [0.2, 0.25) is 0 Å². The molecule has 0 unspecified atom stereocenters. The number of carboxylic acids is 1. The Hall–Kier alpha value is -1.71. The molecule has 0 spiro atoms. The quantitative estimate of drug-likeness (QED) is 0.0781. The van der Waals surface area contributed by atoms with E-state index >= 15 is 0 Å². The summed E-state index contributed by atoms with van der Waals surface area (Å²) < 4.78 is 60.9. The van der Waals surface area contributed by atoms with Crippen LogP contribution in [-0.2, 0) is 52.2 Å². The van der Waals surface area contributed by atoms with E-state index in [9.17, 15) is 76.3 Å². The standard InChI is InChI=1S/C59H96O25/c1-24-34(63)38(67)40(69)48(76-24)83-46-43(72)51(79-30(22-61)44(46)81-49-41(70)39(68)37(66)29(21-60)78-49)82-45-35(64)25(2)77-50(42(45)71)84-47-36(65)28(62)23-75-52(47)80-33-13-14-56(7)31(55(33,5)6)12-15-58(9)32(56)11-10-26-27-20-54(3,4)16-18-59(27,53(73)74)19-17-57(26,58)8/h10,24-25,27-52,60-72H,11-23H2,1-9H3,(H,73,74)/t24-,25-,27-,28-,29+,30+,31-,32+,33-,34-,35-,36-,37+,38+,39-,40+,41+,42+,43+,44+,45+,46+,47+,48-,49-,50-,51-,52-,56-,57+,58+,59-/m0/s1. The molecule has 10 aliphatic rings. The predicted molar refractivity (Wildman–Crippen MR) is 287 cm³/mol. The van der Waals surface area contributed by atoms with E-state index in [4.69, 9.17) is 47.4 Å². The van der Waals surface area contributed by atoms with Gasteiger partial charge in [0, 0.05) is 0 Å². The first kappa shape index (κ1) is 65.2. The number of carboxylic acid groups (broad SMARTS) is 1. The summed E-state index contributed by atoms with van der Waals surface area (Å²) in [4.78, 5) is 13.2. The molecule has 5 saturated heterocycles. The van der Waals surface area contributed by atoms with Crippen LogP contribution < -0.4 is 0 Å². The van der Waals surface area contributed by atoms with Crippen molar-refractivity contribution in [2.45, 2.75) is 280 Å². The molecule has 5 aliphatic carbocycles. The number of hydrogen-bond acceptors (Lipinski definition) is 24. The summed E-state index contributed by atoms with van der Waals surface area (Å²) in [6.07, 6.45) is -31.1. The van der Waals surface area contributed by atoms with Crippen LogP contribution in [-0.4, -0.2) is 251 Å². The molecule has 5 aliphatic heterocycles. The lowest BCUT2D eigenvalue weighted by molar-refractivity contribution is -0.403. The van der Waals surface area contributed by atoms with Crippen molar-refractivity contribution in [2.75, 3.05) is 19.8 Å². The van der Waals surface area contributed by atoms with Gasteiger partial charge in [-0.25, -0.2) is 0 Å². The summed E-state index contributed by atoms with van der Waals surface area (Å²) in [5, 5.41) is 154. The Balaban J connectivity index is 0.859. The fourth-order valence-corrected chi connectivity index (χ4v) is 17.7. The maximum absolute atomic E-state index is 13.2. The lowest BCUT2D eigenvalue weighted by atomic mass is 9.33. The fourth-order valence-electron chi connectivity index (χ4n) is 17.7. The van der Waals surface area contributed by atoms with Crippen molar-refractivity contribution in [3.63, 3.8) is 0 Å². The van der Waals surface area contributed by atoms with Gasteiger partial charge in [-0.3, -0.25) is 4.79 Å². The summed E-state index contributed by atoms with van der Waals surface area (Å²) in [6, 6.07) is 0. The highest BCUT2D eigenvalue weighted by Gasteiger charge is 2.70. The van der Waals surface area contributed by atoms with Gasteiger partial charge >= 0.3 is 5.97 Å². The largest absolute Gasteiger partial charge is 0.481 e. The van der Waals surface area contributed by atoms with Gasteiger partial charge in [-0.15, -0.1) is 0 Å². The second kappa shape index (κ2) is 23.8. The topological polar surface area (TPSA) is 393 Å². The Bertz CT molecular complexity index is 2340. The van der Waals surface area contributed by atoms with Gasteiger partial charge in [0.05, 0.1) is 43.5 Å². The molecular formula is C59H96O25. The SMILES string of the molecule is C[C@@H]1O[C@@H](O[C@@H]2[C@@H](O)[C@H](O[C@@H]3[C@@H](O)[C@H](C)O[C@@H](O[C@H]4[C@H](O[C@H]5CC[C@]6(C)[C@H]7CC=C8[C@@H]9CC(C)(C)CC[C@]9(C(=O)O)CC[C@@]8(C)[C@]7(C)CC[C@H]6C5(C)C)OC[C@H](O)[C@@H]4O)[C@@H]3O)O[C@H](CO)[C@H]2O[C@@H]2O[C@H](CO)[C@@H](O)[C@H](O)[C@H]2O)[C@H](O)[C@H](O)[C@H]1O. The van der Waals surface area contributed by atoms with Gasteiger partial charge in [-0.2, -0.15) is 0 Å². The van der Waals surface area contributed by atoms with Gasteiger partial charge in [-0.1, -0.05) is 60.1 Å². The molecule has 0 radical (unpaired) electrons. The number of ether oxygens (including phenoxy) is 10. The number of hydrogen-bond donors (Lipinski definition) is 14. The third-order valence-corrected chi connectivity index (χ3v) is 23.1. The van der Waals surface area contributed by atoms with Crippen LogP contribution in [0.5, 0.6) is 0 Å². The maximum atomic E-state index is 13.2. The molecule has 482 valence electrons. The number of aliphatic hydroxyl groups excluding tert-OH is 13. The monoisotopic (exact) mass is 1200 g/mol. The summed E-state index contributed by atoms with van der Waals surface area (Å²) in [7, 11) is 0. The third kappa shape index (κ3) is 10.8. The number of carbonyl (C=O) groups is 1. The minimum atomic E-state index is -2.11. The van der Waals surface area contributed by atoms with Crippen molar-refractivity contribution in [1.82, 2.24) is 0 Å². The van der Waals surface area contributed by atoms with Gasteiger partial charge in [0.1, 0.15) is 104 Å². The van der Waals surface area contributed by atoms with Crippen molar-refractivity contribution >= 4 is 5.97 Å². The van der Waals surface area contributed by atoms with Gasteiger partial charge < -0.3 is 119 Å². The Kier molecular flexibility index (Phi) is 18.5. The van der Waals surface area contributed by atoms with Crippen LogP contribution in [0.3, 0.4) is 0 Å². The highest BCUT2D eigenvalue weighted by atomic mass is 16.8. The molecule has 5 heterocycles. The zero-order chi connectivity index (χ0) is 61.3. The zero-order valence-corrected chi connectivity index (χ0v) is 49.7. The van der Waals surface area contributed by atoms with Crippen molar-refractivity contribution in [3.05, 3.63) is 11.6 Å². The number of rotatable bonds is 13. The van der Waals surface area contributed by atoms with Crippen molar-refractivity contribution < 1.29 is 124 Å². The first-order chi connectivity index (χ1) is 39.3. The van der Waals surface area contributed by atoms with E-state index in [-0.39, 0.29) is 40.1 Å². The molecule has 0 aromatic rings. The van der Waals surface area contributed by atoms with Gasteiger partial charge in [-0.05, 0) is 123 Å². The molecule has 9 fully saturated rings. The average molecular weight is 1210 g/mol. The Morgan fingerprint density at radius 1 is 0.536 bits per heavy atom. The van der Waals surface area contributed by atoms with E-state index < -0.39 is 184 Å². The summed E-state index contributed by atoms with van der Waals surface area (Å²) in [6.45, 7) is 16.9. The predicted octanol–water partition coefficient (Wildman–Crippen LogP) is -0.951.